The van der Waals surface area contributed by atoms with Crippen LogP contribution in [0.1, 0.15) is 24.7 Å². The Morgan fingerprint density at radius 2 is 2.00 bits per heavy atom. The lowest BCUT2D eigenvalue weighted by atomic mass is 10.1. The Morgan fingerprint density at radius 1 is 1.24 bits per heavy atom. The number of aromatic nitrogens is 2. The van der Waals surface area contributed by atoms with Crippen LogP contribution in [0.25, 0.3) is 0 Å². The zero-order valence-electron chi connectivity index (χ0n) is 13.2. The van der Waals surface area contributed by atoms with Crippen LogP contribution >= 0.6 is 0 Å². The molecule has 0 radical (unpaired) electrons. The molecule has 4 heteroatoms. The van der Waals surface area contributed by atoms with Crippen LogP contribution in [-0.2, 0) is 19.9 Å². The van der Waals surface area contributed by atoms with Crippen molar-refractivity contribution in [2.24, 2.45) is 7.05 Å². The molecule has 1 unspecified atom stereocenters. The number of nitrogens with one attached hydrogen (secondary N) is 1. The van der Waals surface area contributed by atoms with Crippen LogP contribution in [0, 0.1) is 0 Å². The maximum absolute atomic E-state index is 5.77. The highest BCUT2D eigenvalue weighted by molar-refractivity contribution is 5.27. The molecule has 1 aromatic carbocycles. The molecule has 0 aliphatic heterocycles. The monoisotopic (exact) mass is 287 g/mol. The highest BCUT2D eigenvalue weighted by Gasteiger charge is 2.02. The summed E-state index contributed by atoms with van der Waals surface area (Å²) in [6.07, 6.45) is 6.84. The third kappa shape index (κ3) is 4.90. The zero-order valence-corrected chi connectivity index (χ0v) is 13.2. The number of rotatable bonds is 8. The van der Waals surface area contributed by atoms with Crippen LogP contribution in [0.4, 0.5) is 0 Å². The van der Waals surface area contributed by atoms with Gasteiger partial charge < -0.3 is 14.6 Å². The number of benzene rings is 1. The van der Waals surface area contributed by atoms with E-state index in [2.05, 4.69) is 41.5 Å². The Hall–Kier alpha value is -1.81. The Kier molecular flexibility index (Phi) is 5.81. The molecule has 0 saturated carbocycles. The van der Waals surface area contributed by atoms with E-state index in [0.717, 1.165) is 30.8 Å². The second-order valence-electron chi connectivity index (χ2n) is 5.43. The molecule has 1 atom stereocenters. The highest BCUT2D eigenvalue weighted by atomic mass is 16.5. The van der Waals surface area contributed by atoms with Gasteiger partial charge in [-0.25, -0.2) is 4.98 Å². The number of nitrogens with zero attached hydrogens (tertiary/aromatic N) is 2. The maximum atomic E-state index is 5.77. The number of hydrogen-bond acceptors (Lipinski definition) is 3. The van der Waals surface area contributed by atoms with Crippen LogP contribution < -0.4 is 10.1 Å². The van der Waals surface area contributed by atoms with E-state index in [1.54, 1.807) is 0 Å². The van der Waals surface area contributed by atoms with E-state index in [1.165, 1.54) is 5.56 Å². The lowest BCUT2D eigenvalue weighted by molar-refractivity contribution is 0.317. The van der Waals surface area contributed by atoms with Gasteiger partial charge in [-0.2, -0.15) is 0 Å². The van der Waals surface area contributed by atoms with Crippen LogP contribution in [0.3, 0.4) is 0 Å². The number of aryl methyl sites for hydroxylation is 2. The van der Waals surface area contributed by atoms with Crippen molar-refractivity contribution in [2.75, 3.05) is 13.7 Å². The molecular weight excluding hydrogens is 262 g/mol. The molecule has 0 aliphatic rings. The molecule has 0 saturated heterocycles. The Morgan fingerprint density at radius 3 is 2.62 bits per heavy atom. The average Bonchev–Trinajstić information content (AvgIpc) is 2.91. The van der Waals surface area contributed by atoms with Crippen molar-refractivity contribution in [3.63, 3.8) is 0 Å². The van der Waals surface area contributed by atoms with Crippen molar-refractivity contribution in [1.82, 2.24) is 14.9 Å². The molecule has 0 amide bonds. The van der Waals surface area contributed by atoms with Gasteiger partial charge in [0, 0.05) is 31.9 Å². The molecule has 0 spiro atoms. The summed E-state index contributed by atoms with van der Waals surface area (Å²) in [5.41, 5.74) is 1.36. The van der Waals surface area contributed by atoms with Gasteiger partial charge in [-0.15, -0.1) is 0 Å². The van der Waals surface area contributed by atoms with Gasteiger partial charge in [0.05, 0.1) is 6.61 Å². The summed E-state index contributed by atoms with van der Waals surface area (Å²) in [6, 6.07) is 8.96. The minimum Gasteiger partial charge on any atom is -0.493 e. The topological polar surface area (TPSA) is 39.1 Å². The third-order valence-electron chi connectivity index (χ3n) is 3.80. The first-order valence-corrected chi connectivity index (χ1v) is 7.54. The predicted octanol–water partition coefficient (Wildman–Crippen LogP) is 2.58. The summed E-state index contributed by atoms with van der Waals surface area (Å²) in [4.78, 5) is 4.29. The van der Waals surface area contributed by atoms with Crippen LogP contribution in [0.5, 0.6) is 5.75 Å². The minimum atomic E-state index is 0.554. The van der Waals surface area contributed by atoms with Crippen molar-refractivity contribution in [3.05, 3.63) is 48.0 Å². The lowest BCUT2D eigenvalue weighted by Gasteiger charge is -2.10. The zero-order chi connectivity index (χ0) is 15.1. The van der Waals surface area contributed by atoms with Crippen molar-refractivity contribution >= 4 is 0 Å². The van der Waals surface area contributed by atoms with Crippen LogP contribution in [0.15, 0.2) is 36.7 Å². The van der Waals surface area contributed by atoms with E-state index in [1.807, 2.05) is 31.1 Å². The normalized spacial score (nSPS) is 12.3. The van der Waals surface area contributed by atoms with Crippen molar-refractivity contribution < 1.29 is 4.74 Å². The van der Waals surface area contributed by atoms with Gasteiger partial charge in [0.1, 0.15) is 11.6 Å². The molecule has 4 nitrogen and oxygen atoms in total. The first-order valence-electron chi connectivity index (χ1n) is 7.54. The second-order valence-corrected chi connectivity index (χ2v) is 5.43. The van der Waals surface area contributed by atoms with Crippen molar-refractivity contribution in [1.29, 1.82) is 0 Å². The summed E-state index contributed by atoms with van der Waals surface area (Å²) in [5, 5.41) is 3.26. The van der Waals surface area contributed by atoms with Crippen molar-refractivity contribution in [3.8, 4) is 5.75 Å². The molecule has 0 fully saturated rings. The van der Waals surface area contributed by atoms with Crippen LogP contribution in [0.2, 0.25) is 0 Å². The molecule has 1 aromatic heterocycles. The SMILES string of the molecule is CNC(C)CCc1ccc(OCCc2nccn2C)cc1. The molecule has 2 rings (SSSR count). The van der Waals surface area contributed by atoms with Gasteiger partial charge in [0.25, 0.3) is 0 Å². The molecule has 0 aliphatic carbocycles. The largest absolute Gasteiger partial charge is 0.493 e. The lowest BCUT2D eigenvalue weighted by Crippen LogP contribution is -2.21. The van der Waals surface area contributed by atoms with E-state index in [0.29, 0.717) is 12.6 Å². The van der Waals surface area contributed by atoms with E-state index >= 15 is 0 Å². The number of hydrogen-bond donors (Lipinski definition) is 1. The molecular formula is C17H25N3O. The minimum absolute atomic E-state index is 0.554. The van der Waals surface area contributed by atoms with E-state index in [4.69, 9.17) is 4.74 Å². The van der Waals surface area contributed by atoms with Gasteiger partial charge in [-0.05, 0) is 44.5 Å². The summed E-state index contributed by atoms with van der Waals surface area (Å²) in [5.74, 6) is 1.97. The van der Waals surface area contributed by atoms with E-state index < -0.39 is 0 Å². The standard InChI is InChI=1S/C17H25N3O/c1-14(18-2)4-5-15-6-8-16(9-7-15)21-13-10-17-19-11-12-20(17)3/h6-9,11-12,14,18H,4-5,10,13H2,1-3H3. The van der Waals surface area contributed by atoms with Crippen LogP contribution in [-0.4, -0.2) is 29.2 Å². The molecule has 2 aromatic rings. The molecule has 1 N–H and O–H groups in total. The fourth-order valence-electron chi connectivity index (χ4n) is 2.18. The van der Waals surface area contributed by atoms with Crippen molar-refractivity contribution in [2.45, 2.75) is 32.2 Å². The Bertz CT molecular complexity index is 533. The Labute approximate surface area is 127 Å². The van der Waals surface area contributed by atoms with E-state index in [-0.39, 0.29) is 0 Å². The predicted molar refractivity (Wildman–Crippen MR) is 85.7 cm³/mol. The third-order valence-corrected chi connectivity index (χ3v) is 3.80. The summed E-state index contributed by atoms with van der Waals surface area (Å²) in [7, 11) is 4.01. The number of imidazole rings is 1. The fraction of sp³-hybridized carbons (Fsp3) is 0.471. The first-order chi connectivity index (χ1) is 10.2. The van der Waals surface area contributed by atoms with Gasteiger partial charge in [-0.3, -0.25) is 0 Å². The second kappa shape index (κ2) is 7.84. The first kappa shape index (κ1) is 15.6. The average molecular weight is 287 g/mol. The van der Waals surface area contributed by atoms with Gasteiger partial charge in [-0.1, -0.05) is 12.1 Å². The quantitative estimate of drug-likeness (QED) is 0.811. The summed E-state index contributed by atoms with van der Waals surface area (Å²) < 4.78 is 7.79. The molecule has 21 heavy (non-hydrogen) atoms. The van der Waals surface area contributed by atoms with Gasteiger partial charge in [0.2, 0.25) is 0 Å². The fourth-order valence-corrected chi connectivity index (χ4v) is 2.18. The van der Waals surface area contributed by atoms with E-state index in [9.17, 15) is 0 Å². The summed E-state index contributed by atoms with van der Waals surface area (Å²) in [6.45, 7) is 2.86. The molecule has 0 bridgehead atoms. The van der Waals surface area contributed by atoms with Gasteiger partial charge >= 0.3 is 0 Å². The number of ether oxygens (including phenoxy) is 1. The molecule has 114 valence electrons. The maximum Gasteiger partial charge on any atom is 0.119 e. The highest BCUT2D eigenvalue weighted by Crippen LogP contribution is 2.14. The smallest absolute Gasteiger partial charge is 0.119 e. The van der Waals surface area contributed by atoms with Gasteiger partial charge in [0.15, 0.2) is 0 Å². The Balaban J connectivity index is 1.76. The molecule has 1 heterocycles. The summed E-state index contributed by atoms with van der Waals surface area (Å²) >= 11 is 0.